The number of carbonyl (C=O) groups is 1. The van der Waals surface area contributed by atoms with Crippen LogP contribution in [0.1, 0.15) is 32.1 Å². The molecule has 0 fully saturated rings. The smallest absolute Gasteiger partial charge is 0.307 e. The van der Waals surface area contributed by atoms with E-state index in [9.17, 15) is 13.2 Å². The zero-order valence-corrected chi connectivity index (χ0v) is 12.5. The lowest BCUT2D eigenvalue weighted by molar-refractivity contribution is -0.151. The molecule has 0 saturated heterocycles. The van der Waals surface area contributed by atoms with E-state index in [0.717, 1.165) is 6.42 Å². The van der Waals surface area contributed by atoms with E-state index >= 15 is 0 Å². The van der Waals surface area contributed by atoms with Crippen molar-refractivity contribution >= 4 is 16.1 Å². The molecule has 0 rings (SSSR count). The van der Waals surface area contributed by atoms with Crippen molar-refractivity contribution in [2.45, 2.75) is 37.4 Å². The maximum Gasteiger partial charge on any atom is 0.307 e. The van der Waals surface area contributed by atoms with Crippen LogP contribution < -0.4 is 0 Å². The highest BCUT2D eigenvalue weighted by atomic mass is 32.2. The molecular weight excluding hydrogens is 308 g/mol. The summed E-state index contributed by atoms with van der Waals surface area (Å²) in [6, 6.07) is 0. The number of unbranched alkanes of at least 4 members (excludes halogenated alkanes) is 2. The van der Waals surface area contributed by atoms with Crippen LogP contribution in [0.15, 0.2) is 0 Å². The highest BCUT2D eigenvalue weighted by Gasteiger charge is 2.20. The van der Waals surface area contributed by atoms with Crippen LogP contribution in [-0.2, 0) is 19.6 Å². The molecule has 9 nitrogen and oxygen atoms in total. The zero-order valence-electron chi connectivity index (χ0n) is 11.7. The number of esters is 1. The molecule has 128 valence electrons. The molecule has 0 aliphatic carbocycles. The fraction of sp³-hybridized carbons (Fsp3) is 0.909. The van der Waals surface area contributed by atoms with E-state index in [1.165, 1.54) is 0 Å². The van der Waals surface area contributed by atoms with Crippen LogP contribution in [0.25, 0.3) is 0 Å². The first kappa shape index (κ1) is 22.5. The highest BCUT2D eigenvalue weighted by molar-refractivity contribution is 7.86. The first-order valence-electron chi connectivity index (χ1n) is 6.38. The van der Waals surface area contributed by atoms with Crippen molar-refractivity contribution in [2.75, 3.05) is 26.6 Å². The van der Waals surface area contributed by atoms with Gasteiger partial charge >= 0.3 is 5.97 Å². The Morgan fingerprint density at radius 3 is 1.95 bits per heavy atom. The third kappa shape index (κ3) is 15.4. The standard InChI is InChI=1S/C7H14O4.C4H10O5S/c8-5-3-1-2-4-7(10)11-6-9;5-2-1-4(3-6)10(7,8)9/h8-9H,1-6H2;4-6H,1-3H2,(H,7,8,9). The fourth-order valence-corrected chi connectivity index (χ4v) is 1.77. The zero-order chi connectivity index (χ0) is 16.7. The number of rotatable bonds is 10. The molecule has 0 aromatic heterocycles. The quantitative estimate of drug-likeness (QED) is 0.141. The first-order chi connectivity index (χ1) is 9.83. The van der Waals surface area contributed by atoms with Crippen molar-refractivity contribution in [1.29, 1.82) is 0 Å². The van der Waals surface area contributed by atoms with Gasteiger partial charge in [0.1, 0.15) is 5.25 Å². The molecule has 0 amide bonds. The minimum atomic E-state index is -4.19. The summed E-state index contributed by atoms with van der Waals surface area (Å²) >= 11 is 0. The largest absolute Gasteiger partial charge is 0.439 e. The number of ether oxygens (including phenoxy) is 1. The second-order valence-electron chi connectivity index (χ2n) is 4.01. The van der Waals surface area contributed by atoms with Crippen LogP contribution in [0.2, 0.25) is 0 Å². The van der Waals surface area contributed by atoms with E-state index in [0.29, 0.717) is 19.3 Å². The number of aliphatic hydroxyl groups is 4. The van der Waals surface area contributed by atoms with Crippen LogP contribution in [-0.4, -0.2) is 71.2 Å². The molecule has 0 aromatic rings. The van der Waals surface area contributed by atoms with Gasteiger partial charge in [0.15, 0.2) is 6.79 Å². The van der Waals surface area contributed by atoms with E-state index in [1.54, 1.807) is 0 Å². The summed E-state index contributed by atoms with van der Waals surface area (Å²) in [5, 5.41) is 31.9. The topological polar surface area (TPSA) is 162 Å². The highest BCUT2D eigenvalue weighted by Crippen LogP contribution is 2.01. The SMILES string of the molecule is O=C(CCCCCO)OCO.O=S(=O)(O)C(CO)CCO. The van der Waals surface area contributed by atoms with Gasteiger partial charge in [-0.15, -0.1) is 0 Å². The Bertz CT molecular complexity index is 342. The molecule has 0 saturated carbocycles. The van der Waals surface area contributed by atoms with E-state index in [2.05, 4.69) is 4.74 Å². The molecule has 5 N–H and O–H groups in total. The lowest BCUT2D eigenvalue weighted by Crippen LogP contribution is -2.25. The molecule has 0 aliphatic heterocycles. The Morgan fingerprint density at radius 1 is 1.00 bits per heavy atom. The molecule has 0 aliphatic rings. The van der Waals surface area contributed by atoms with Crippen LogP contribution in [0.4, 0.5) is 0 Å². The number of hydrogen-bond donors (Lipinski definition) is 5. The Kier molecular flexibility index (Phi) is 15.2. The third-order valence-corrected chi connectivity index (χ3v) is 3.57. The molecule has 0 radical (unpaired) electrons. The minimum absolute atomic E-state index is 0.144. The van der Waals surface area contributed by atoms with Gasteiger partial charge in [-0.3, -0.25) is 9.35 Å². The Labute approximate surface area is 123 Å². The Hall–Kier alpha value is -0.780. The van der Waals surface area contributed by atoms with Gasteiger partial charge in [0, 0.05) is 19.6 Å². The van der Waals surface area contributed by atoms with Gasteiger partial charge in [0.25, 0.3) is 10.1 Å². The number of hydrogen-bond acceptors (Lipinski definition) is 8. The molecule has 10 heteroatoms. The van der Waals surface area contributed by atoms with E-state index < -0.39 is 28.8 Å². The van der Waals surface area contributed by atoms with Gasteiger partial charge in [-0.1, -0.05) is 6.42 Å². The van der Waals surface area contributed by atoms with Gasteiger partial charge < -0.3 is 25.2 Å². The predicted molar refractivity (Wildman–Crippen MR) is 72.9 cm³/mol. The normalized spacial score (nSPS) is 12.2. The third-order valence-electron chi connectivity index (χ3n) is 2.34. The van der Waals surface area contributed by atoms with Gasteiger partial charge in [0.05, 0.1) is 6.61 Å². The van der Waals surface area contributed by atoms with Gasteiger partial charge in [-0.2, -0.15) is 8.42 Å². The lowest BCUT2D eigenvalue weighted by atomic mass is 10.2. The Morgan fingerprint density at radius 2 is 1.62 bits per heavy atom. The summed E-state index contributed by atoms with van der Waals surface area (Å²) in [6.45, 7) is -1.42. The molecule has 0 heterocycles. The molecule has 0 aromatic carbocycles. The second-order valence-corrected chi connectivity index (χ2v) is 5.71. The minimum Gasteiger partial charge on any atom is -0.439 e. The molecule has 1 unspecified atom stereocenters. The maximum atomic E-state index is 10.6. The van der Waals surface area contributed by atoms with E-state index in [-0.39, 0.29) is 25.6 Å². The van der Waals surface area contributed by atoms with Crippen molar-refractivity contribution < 1.29 is 42.9 Å². The van der Waals surface area contributed by atoms with Crippen molar-refractivity contribution in [2.24, 2.45) is 0 Å². The van der Waals surface area contributed by atoms with Gasteiger partial charge in [0.2, 0.25) is 0 Å². The summed E-state index contributed by atoms with van der Waals surface area (Å²) in [7, 11) is -4.19. The van der Waals surface area contributed by atoms with Crippen molar-refractivity contribution in [3.63, 3.8) is 0 Å². The average molecular weight is 332 g/mol. The summed E-state index contributed by atoms with van der Waals surface area (Å²) in [4.78, 5) is 10.6. The summed E-state index contributed by atoms with van der Waals surface area (Å²) < 4.78 is 33.1. The van der Waals surface area contributed by atoms with Gasteiger partial charge in [-0.05, 0) is 19.3 Å². The van der Waals surface area contributed by atoms with Crippen molar-refractivity contribution in [3.05, 3.63) is 0 Å². The molecule has 21 heavy (non-hydrogen) atoms. The monoisotopic (exact) mass is 332 g/mol. The average Bonchev–Trinajstić information content (AvgIpc) is 2.41. The summed E-state index contributed by atoms with van der Waals surface area (Å²) in [5.74, 6) is -0.384. The van der Waals surface area contributed by atoms with Crippen LogP contribution in [0.5, 0.6) is 0 Å². The molecular formula is C11H24O9S. The summed E-state index contributed by atoms with van der Waals surface area (Å²) in [6.07, 6.45) is 2.42. The van der Waals surface area contributed by atoms with Crippen molar-refractivity contribution in [1.82, 2.24) is 0 Å². The van der Waals surface area contributed by atoms with Crippen molar-refractivity contribution in [3.8, 4) is 0 Å². The first-order valence-corrected chi connectivity index (χ1v) is 7.89. The van der Waals surface area contributed by atoms with E-state index in [1.807, 2.05) is 0 Å². The van der Waals surface area contributed by atoms with Crippen LogP contribution in [0, 0.1) is 0 Å². The lowest BCUT2D eigenvalue weighted by Gasteiger charge is -2.06. The second kappa shape index (κ2) is 14.2. The van der Waals surface area contributed by atoms with E-state index in [4.69, 9.17) is 25.0 Å². The number of carbonyl (C=O) groups excluding carboxylic acids is 1. The molecule has 0 spiro atoms. The Balaban J connectivity index is 0. The molecule has 0 bridgehead atoms. The number of aliphatic hydroxyl groups excluding tert-OH is 4. The fourth-order valence-electron chi connectivity index (χ4n) is 1.18. The van der Waals surface area contributed by atoms with Crippen LogP contribution in [0.3, 0.4) is 0 Å². The van der Waals surface area contributed by atoms with Gasteiger partial charge in [-0.25, -0.2) is 0 Å². The predicted octanol–water partition coefficient (Wildman–Crippen LogP) is -1.35. The van der Waals surface area contributed by atoms with Crippen LogP contribution >= 0.6 is 0 Å². The molecule has 1 atom stereocenters. The maximum absolute atomic E-state index is 10.6. The summed E-state index contributed by atoms with van der Waals surface area (Å²) in [5.41, 5.74) is 0.